The molecule has 3 aromatic heterocycles. The number of anilines is 1. The first-order valence-electron chi connectivity index (χ1n) is 9.85. The number of unbranched alkanes of at least 4 members (excludes halogenated alkanes) is 1. The number of benzene rings is 1. The number of furan rings is 1. The highest BCUT2D eigenvalue weighted by Gasteiger charge is 2.24. The normalized spacial score (nSPS) is 11.1. The molecule has 0 aliphatic rings. The molecule has 1 amide bonds. The number of aromatic nitrogens is 3. The highest BCUT2D eigenvalue weighted by Crippen LogP contribution is 2.29. The lowest BCUT2D eigenvalue weighted by Gasteiger charge is -2.23. The Morgan fingerprint density at radius 2 is 1.97 bits per heavy atom. The lowest BCUT2D eigenvalue weighted by Crippen LogP contribution is -2.32. The summed E-state index contributed by atoms with van der Waals surface area (Å²) in [6, 6.07) is 15.3. The fourth-order valence-electron chi connectivity index (χ4n) is 3.58. The van der Waals surface area contributed by atoms with Crippen LogP contribution in [0.2, 0.25) is 0 Å². The Hall–Kier alpha value is -3.41. The minimum absolute atomic E-state index is 0.0547. The summed E-state index contributed by atoms with van der Waals surface area (Å²) in [5.41, 5.74) is 3.55. The van der Waals surface area contributed by atoms with Crippen LogP contribution in [0.1, 0.15) is 35.8 Å². The van der Waals surface area contributed by atoms with Crippen molar-refractivity contribution in [3.8, 4) is 11.5 Å². The van der Waals surface area contributed by atoms with E-state index in [0.717, 1.165) is 29.6 Å². The molecule has 0 spiro atoms. The average molecular weight is 388 g/mol. The molecule has 0 N–H and O–H groups in total. The first-order chi connectivity index (χ1) is 14.1. The number of nitrogens with zero attached hydrogens (tertiary/aromatic N) is 4. The monoisotopic (exact) mass is 388 g/mol. The Balaban J connectivity index is 1.89. The van der Waals surface area contributed by atoms with Gasteiger partial charge >= 0.3 is 0 Å². The minimum Gasteiger partial charge on any atom is -0.463 e. The number of carbonyl (C=O) groups excluding carboxylic acids is 1. The summed E-state index contributed by atoms with van der Waals surface area (Å²) in [6.45, 7) is 4.68. The Kier molecular flexibility index (Phi) is 5.16. The van der Waals surface area contributed by atoms with Crippen LogP contribution in [0.4, 0.5) is 5.69 Å². The molecule has 0 unspecified atom stereocenters. The van der Waals surface area contributed by atoms with Gasteiger partial charge in [0.15, 0.2) is 11.4 Å². The van der Waals surface area contributed by atoms with Crippen LogP contribution in [-0.2, 0) is 7.05 Å². The van der Waals surface area contributed by atoms with Gasteiger partial charge in [-0.1, -0.05) is 31.5 Å². The fraction of sp³-hybridized carbons (Fsp3) is 0.261. The number of rotatable bonds is 6. The number of aryl methyl sites for hydroxylation is 2. The number of amides is 1. The van der Waals surface area contributed by atoms with E-state index in [-0.39, 0.29) is 5.91 Å². The molecule has 3 heterocycles. The number of para-hydroxylation sites is 1. The number of hydrogen-bond donors (Lipinski definition) is 0. The largest absolute Gasteiger partial charge is 0.463 e. The molecule has 0 aliphatic heterocycles. The molecule has 148 valence electrons. The third-order valence-corrected chi connectivity index (χ3v) is 5.02. The third kappa shape index (κ3) is 3.53. The minimum atomic E-state index is -0.0547. The van der Waals surface area contributed by atoms with E-state index in [1.807, 2.05) is 67.4 Å². The van der Waals surface area contributed by atoms with E-state index < -0.39 is 0 Å². The van der Waals surface area contributed by atoms with Gasteiger partial charge in [-0.2, -0.15) is 5.10 Å². The van der Waals surface area contributed by atoms with Crippen LogP contribution in [0.3, 0.4) is 0 Å². The first-order valence-corrected chi connectivity index (χ1v) is 9.85. The second-order valence-corrected chi connectivity index (χ2v) is 7.09. The quantitative estimate of drug-likeness (QED) is 0.467. The van der Waals surface area contributed by atoms with Crippen LogP contribution in [0.15, 0.2) is 59.2 Å². The Morgan fingerprint density at radius 3 is 2.66 bits per heavy atom. The molecule has 0 aliphatic carbocycles. The molecule has 6 nitrogen and oxygen atoms in total. The zero-order valence-corrected chi connectivity index (χ0v) is 16.9. The van der Waals surface area contributed by atoms with Crippen molar-refractivity contribution in [3.05, 3.63) is 66.1 Å². The molecule has 4 rings (SSSR count). The summed E-state index contributed by atoms with van der Waals surface area (Å²) in [6.07, 6.45) is 3.53. The van der Waals surface area contributed by atoms with E-state index in [4.69, 9.17) is 9.40 Å². The van der Waals surface area contributed by atoms with E-state index in [2.05, 4.69) is 12.0 Å². The molecule has 0 fully saturated rings. The zero-order chi connectivity index (χ0) is 20.4. The summed E-state index contributed by atoms with van der Waals surface area (Å²) >= 11 is 0. The Morgan fingerprint density at radius 1 is 1.17 bits per heavy atom. The van der Waals surface area contributed by atoms with Crippen molar-refractivity contribution in [3.63, 3.8) is 0 Å². The van der Waals surface area contributed by atoms with E-state index in [1.165, 1.54) is 0 Å². The van der Waals surface area contributed by atoms with Gasteiger partial charge in [-0.25, -0.2) is 4.98 Å². The fourth-order valence-corrected chi connectivity index (χ4v) is 3.58. The Bertz CT molecular complexity index is 1130. The van der Waals surface area contributed by atoms with Crippen molar-refractivity contribution >= 4 is 22.6 Å². The first kappa shape index (κ1) is 18.9. The molecule has 0 saturated carbocycles. The maximum Gasteiger partial charge on any atom is 0.259 e. The number of pyridine rings is 1. The van der Waals surface area contributed by atoms with Crippen LogP contribution >= 0.6 is 0 Å². The molecule has 0 atom stereocenters. The maximum absolute atomic E-state index is 13.8. The van der Waals surface area contributed by atoms with Gasteiger partial charge in [0.2, 0.25) is 0 Å². The van der Waals surface area contributed by atoms with Crippen molar-refractivity contribution in [2.75, 3.05) is 11.4 Å². The molecule has 1 aromatic carbocycles. The van der Waals surface area contributed by atoms with E-state index in [9.17, 15) is 4.79 Å². The Labute approximate surface area is 169 Å². The summed E-state index contributed by atoms with van der Waals surface area (Å²) < 4.78 is 7.26. The van der Waals surface area contributed by atoms with Crippen LogP contribution < -0.4 is 4.90 Å². The third-order valence-electron chi connectivity index (χ3n) is 5.02. The van der Waals surface area contributed by atoms with Gasteiger partial charge in [-0.3, -0.25) is 9.48 Å². The molecule has 29 heavy (non-hydrogen) atoms. The summed E-state index contributed by atoms with van der Waals surface area (Å²) in [5.74, 6) is 0.570. The van der Waals surface area contributed by atoms with E-state index in [1.54, 1.807) is 10.9 Å². The summed E-state index contributed by atoms with van der Waals surface area (Å²) in [4.78, 5) is 20.3. The molecule has 6 heteroatoms. The predicted molar refractivity (Wildman–Crippen MR) is 114 cm³/mol. The number of carbonyl (C=O) groups is 1. The summed E-state index contributed by atoms with van der Waals surface area (Å²) in [5, 5.41) is 5.29. The van der Waals surface area contributed by atoms with Gasteiger partial charge in [-0.15, -0.1) is 0 Å². The second kappa shape index (κ2) is 7.91. The molecule has 4 aromatic rings. The smallest absolute Gasteiger partial charge is 0.259 e. The van der Waals surface area contributed by atoms with E-state index >= 15 is 0 Å². The van der Waals surface area contributed by atoms with Crippen LogP contribution in [0.5, 0.6) is 0 Å². The van der Waals surface area contributed by atoms with Crippen LogP contribution in [-0.4, -0.2) is 27.2 Å². The number of hydrogen-bond acceptors (Lipinski definition) is 4. The van der Waals surface area contributed by atoms with Crippen molar-refractivity contribution < 1.29 is 9.21 Å². The van der Waals surface area contributed by atoms with Crippen molar-refractivity contribution in [1.82, 2.24) is 14.8 Å². The lowest BCUT2D eigenvalue weighted by molar-refractivity contribution is 0.0988. The van der Waals surface area contributed by atoms with Gasteiger partial charge in [-0.05, 0) is 43.7 Å². The number of fused-ring (bicyclic) bond motifs is 1. The van der Waals surface area contributed by atoms with E-state index in [0.29, 0.717) is 29.2 Å². The molecule has 0 saturated heterocycles. The predicted octanol–water partition coefficient (Wildman–Crippen LogP) is 4.98. The highest BCUT2D eigenvalue weighted by molar-refractivity contribution is 6.14. The van der Waals surface area contributed by atoms with Gasteiger partial charge < -0.3 is 9.32 Å². The lowest BCUT2D eigenvalue weighted by atomic mass is 10.1. The van der Waals surface area contributed by atoms with Crippen molar-refractivity contribution in [1.29, 1.82) is 0 Å². The molecular formula is C23H24N4O2. The molecule has 0 bridgehead atoms. The average Bonchev–Trinajstić information content (AvgIpc) is 3.37. The van der Waals surface area contributed by atoms with Crippen LogP contribution in [0.25, 0.3) is 22.5 Å². The standard InChI is InChI=1S/C23H24N4O2/c1-4-5-13-27(17-10-7-6-8-11-17)23(28)18-15-19(20-12-9-14-29-20)24-22-21(18)16(2)25-26(22)3/h6-12,14-15H,4-5,13H2,1-3H3. The molecule has 0 radical (unpaired) electrons. The van der Waals surface area contributed by atoms with Crippen LogP contribution in [0, 0.1) is 6.92 Å². The topological polar surface area (TPSA) is 64.2 Å². The van der Waals surface area contributed by atoms with Gasteiger partial charge in [0.05, 0.1) is 22.9 Å². The molecular weight excluding hydrogens is 364 g/mol. The summed E-state index contributed by atoms with van der Waals surface area (Å²) in [7, 11) is 1.84. The van der Waals surface area contributed by atoms with Gasteiger partial charge in [0.25, 0.3) is 5.91 Å². The van der Waals surface area contributed by atoms with Gasteiger partial charge in [0.1, 0.15) is 5.69 Å². The maximum atomic E-state index is 13.8. The van der Waals surface area contributed by atoms with Crippen molar-refractivity contribution in [2.24, 2.45) is 7.05 Å². The van der Waals surface area contributed by atoms with Crippen molar-refractivity contribution in [2.45, 2.75) is 26.7 Å². The highest BCUT2D eigenvalue weighted by atomic mass is 16.3. The van der Waals surface area contributed by atoms with Gasteiger partial charge in [0, 0.05) is 19.3 Å². The zero-order valence-electron chi connectivity index (χ0n) is 16.9. The second-order valence-electron chi connectivity index (χ2n) is 7.09. The SMILES string of the molecule is CCCCN(C(=O)c1cc(-c2ccco2)nc2c1c(C)nn2C)c1ccccc1.